The molecule has 1 fully saturated rings. The van der Waals surface area contributed by atoms with E-state index < -0.39 is 0 Å². The lowest BCUT2D eigenvalue weighted by atomic mass is 10.2. The Bertz CT molecular complexity index is 375. The third-order valence-corrected chi connectivity index (χ3v) is 2.88. The molecule has 0 saturated carbocycles. The van der Waals surface area contributed by atoms with Gasteiger partial charge in [0.1, 0.15) is 11.6 Å². The first kappa shape index (κ1) is 11.6. The van der Waals surface area contributed by atoms with Crippen LogP contribution in [0.5, 0.6) is 0 Å². The van der Waals surface area contributed by atoms with Crippen LogP contribution in [0.25, 0.3) is 0 Å². The van der Waals surface area contributed by atoms with Crippen molar-refractivity contribution in [2.24, 2.45) is 0 Å². The zero-order chi connectivity index (χ0) is 11.5. The molecule has 0 aliphatic carbocycles. The lowest BCUT2D eigenvalue weighted by Crippen LogP contribution is -2.42. The molecule has 0 radical (unpaired) electrons. The summed E-state index contributed by atoms with van der Waals surface area (Å²) < 4.78 is 18.5. The molecule has 5 heteroatoms. The van der Waals surface area contributed by atoms with Crippen molar-refractivity contribution in [3.63, 3.8) is 0 Å². The van der Waals surface area contributed by atoms with Crippen LogP contribution >= 0.6 is 11.6 Å². The smallest absolute Gasteiger partial charge is 0.141 e. The number of alkyl halides is 1. The van der Waals surface area contributed by atoms with E-state index in [1.807, 2.05) is 6.92 Å². The zero-order valence-electron chi connectivity index (χ0n) is 9.12. The highest BCUT2D eigenvalue weighted by molar-refractivity contribution is 6.17. The van der Waals surface area contributed by atoms with Gasteiger partial charge in [0, 0.05) is 18.7 Å². The lowest BCUT2D eigenvalue weighted by Gasteiger charge is -2.33. The van der Waals surface area contributed by atoms with Crippen molar-refractivity contribution < 1.29 is 9.13 Å². The molecule has 1 aromatic heterocycles. The maximum Gasteiger partial charge on any atom is 0.141 e. The van der Waals surface area contributed by atoms with E-state index >= 15 is 0 Å². The van der Waals surface area contributed by atoms with Gasteiger partial charge < -0.3 is 9.64 Å². The van der Waals surface area contributed by atoms with Crippen LogP contribution in [0.1, 0.15) is 12.5 Å². The number of nitrogens with zero attached hydrogens (tertiary/aromatic N) is 2. The summed E-state index contributed by atoms with van der Waals surface area (Å²) in [6.45, 7) is 4.22. The van der Waals surface area contributed by atoms with Crippen molar-refractivity contribution >= 4 is 17.4 Å². The number of aromatic nitrogens is 1. The van der Waals surface area contributed by atoms with Crippen LogP contribution in [0.4, 0.5) is 10.2 Å². The van der Waals surface area contributed by atoms with Crippen molar-refractivity contribution in [3.05, 3.63) is 23.6 Å². The Balaban J connectivity index is 2.24. The van der Waals surface area contributed by atoms with Gasteiger partial charge in [-0.2, -0.15) is 0 Å². The van der Waals surface area contributed by atoms with Gasteiger partial charge in [-0.05, 0) is 13.0 Å². The maximum atomic E-state index is 13.0. The molecule has 1 aliphatic heterocycles. The Kier molecular flexibility index (Phi) is 3.61. The van der Waals surface area contributed by atoms with Crippen LogP contribution in [0.2, 0.25) is 0 Å². The second-order valence-electron chi connectivity index (χ2n) is 3.90. The second kappa shape index (κ2) is 4.97. The predicted molar refractivity (Wildman–Crippen MR) is 61.4 cm³/mol. The Hall–Kier alpha value is -0.870. The van der Waals surface area contributed by atoms with E-state index in [-0.39, 0.29) is 17.8 Å². The van der Waals surface area contributed by atoms with Crippen LogP contribution in [0.15, 0.2) is 12.3 Å². The van der Waals surface area contributed by atoms with E-state index in [1.165, 1.54) is 12.3 Å². The number of rotatable bonds is 2. The molecule has 0 N–H and O–H groups in total. The van der Waals surface area contributed by atoms with Gasteiger partial charge in [-0.15, -0.1) is 11.6 Å². The molecule has 0 aromatic carbocycles. The van der Waals surface area contributed by atoms with Crippen LogP contribution in [-0.4, -0.2) is 30.8 Å². The number of hydrogen-bond acceptors (Lipinski definition) is 3. The minimum absolute atomic E-state index is 0.170. The summed E-state index contributed by atoms with van der Waals surface area (Å²) in [5.74, 6) is 0.693. The second-order valence-corrected chi connectivity index (χ2v) is 4.16. The Morgan fingerprint density at radius 1 is 1.69 bits per heavy atom. The normalized spacial score (nSPS) is 21.2. The van der Waals surface area contributed by atoms with Crippen LogP contribution < -0.4 is 4.90 Å². The monoisotopic (exact) mass is 244 g/mol. The van der Waals surface area contributed by atoms with E-state index in [0.29, 0.717) is 6.61 Å². The largest absolute Gasteiger partial charge is 0.375 e. The summed E-state index contributed by atoms with van der Waals surface area (Å²) in [6.07, 6.45) is 1.40. The first-order valence-corrected chi connectivity index (χ1v) is 5.81. The Morgan fingerprint density at radius 3 is 3.19 bits per heavy atom. The van der Waals surface area contributed by atoms with Gasteiger partial charge in [0.25, 0.3) is 0 Å². The number of hydrogen-bond donors (Lipinski definition) is 0. The molecule has 0 spiro atoms. The molecule has 2 rings (SSSR count). The number of pyridine rings is 1. The lowest BCUT2D eigenvalue weighted by molar-refractivity contribution is 0.0529. The molecule has 1 saturated heterocycles. The molecule has 1 aromatic rings. The molecule has 1 atom stereocenters. The van der Waals surface area contributed by atoms with Crippen molar-refractivity contribution in [2.45, 2.75) is 18.9 Å². The maximum absolute atomic E-state index is 13.0. The van der Waals surface area contributed by atoms with Crippen LogP contribution in [0, 0.1) is 5.82 Å². The van der Waals surface area contributed by atoms with Gasteiger partial charge in [-0.1, -0.05) is 0 Å². The fraction of sp³-hybridized carbons (Fsp3) is 0.545. The highest BCUT2D eigenvalue weighted by Crippen LogP contribution is 2.22. The van der Waals surface area contributed by atoms with E-state index in [1.54, 1.807) is 0 Å². The molecule has 3 nitrogen and oxygen atoms in total. The highest BCUT2D eigenvalue weighted by Gasteiger charge is 2.20. The van der Waals surface area contributed by atoms with Gasteiger partial charge in [0.2, 0.25) is 0 Å². The Labute approximate surface area is 99.2 Å². The topological polar surface area (TPSA) is 25.4 Å². The highest BCUT2D eigenvalue weighted by atomic mass is 35.5. The first-order valence-electron chi connectivity index (χ1n) is 5.27. The molecule has 88 valence electrons. The minimum atomic E-state index is -0.347. The first-order chi connectivity index (χ1) is 7.70. The van der Waals surface area contributed by atoms with E-state index in [9.17, 15) is 4.39 Å². The summed E-state index contributed by atoms with van der Waals surface area (Å²) in [4.78, 5) is 6.21. The quantitative estimate of drug-likeness (QED) is 0.746. The van der Waals surface area contributed by atoms with Gasteiger partial charge in [-0.3, -0.25) is 0 Å². The van der Waals surface area contributed by atoms with Crippen molar-refractivity contribution in [1.29, 1.82) is 0 Å². The zero-order valence-corrected chi connectivity index (χ0v) is 9.88. The summed E-state index contributed by atoms with van der Waals surface area (Å²) in [5, 5.41) is 0. The van der Waals surface area contributed by atoms with Crippen molar-refractivity contribution in [1.82, 2.24) is 4.98 Å². The van der Waals surface area contributed by atoms with Crippen LogP contribution in [0.3, 0.4) is 0 Å². The molecule has 2 heterocycles. The minimum Gasteiger partial charge on any atom is -0.375 e. The molecule has 16 heavy (non-hydrogen) atoms. The summed E-state index contributed by atoms with van der Waals surface area (Å²) in [5.41, 5.74) is 0.732. The molecular formula is C11H14ClFN2O. The van der Waals surface area contributed by atoms with Crippen molar-refractivity contribution in [3.8, 4) is 0 Å². The summed E-state index contributed by atoms with van der Waals surface area (Å²) >= 11 is 5.80. The van der Waals surface area contributed by atoms with Gasteiger partial charge in [-0.25, -0.2) is 9.37 Å². The molecule has 0 bridgehead atoms. The third-order valence-electron chi connectivity index (χ3n) is 2.59. The molecule has 1 unspecified atom stereocenters. The van der Waals surface area contributed by atoms with Gasteiger partial charge in [0.15, 0.2) is 0 Å². The van der Waals surface area contributed by atoms with E-state index in [2.05, 4.69) is 9.88 Å². The fourth-order valence-electron chi connectivity index (χ4n) is 1.87. The molecule has 0 amide bonds. The van der Waals surface area contributed by atoms with E-state index in [4.69, 9.17) is 16.3 Å². The fourth-order valence-corrected chi connectivity index (χ4v) is 2.06. The summed E-state index contributed by atoms with van der Waals surface area (Å²) in [6, 6.07) is 1.44. The SMILES string of the molecule is CC1CN(c2ncc(F)cc2CCl)CCO1. The average Bonchev–Trinajstić information content (AvgIpc) is 2.28. The van der Waals surface area contributed by atoms with Crippen molar-refractivity contribution in [2.75, 3.05) is 24.6 Å². The number of morpholine rings is 1. The molecular weight excluding hydrogens is 231 g/mol. The van der Waals surface area contributed by atoms with Gasteiger partial charge in [0.05, 0.1) is 24.8 Å². The molecule has 1 aliphatic rings. The average molecular weight is 245 g/mol. The predicted octanol–water partition coefficient (Wildman–Crippen LogP) is 2.18. The number of halogens is 2. The third kappa shape index (κ3) is 2.44. The van der Waals surface area contributed by atoms with Gasteiger partial charge >= 0.3 is 0 Å². The summed E-state index contributed by atoms with van der Waals surface area (Å²) in [7, 11) is 0. The Morgan fingerprint density at radius 2 is 2.50 bits per heavy atom. The number of ether oxygens (including phenoxy) is 1. The van der Waals surface area contributed by atoms with E-state index in [0.717, 1.165) is 24.5 Å². The standard InChI is InChI=1S/C11H14ClFN2O/c1-8-7-15(2-3-16-8)11-9(5-12)4-10(13)6-14-11/h4,6,8H,2-3,5,7H2,1H3. The number of anilines is 1. The van der Waals surface area contributed by atoms with Crippen LogP contribution in [-0.2, 0) is 10.6 Å².